The van der Waals surface area contributed by atoms with Crippen molar-refractivity contribution >= 4 is 151 Å². The first kappa shape index (κ1) is 24.1. The lowest BCUT2D eigenvalue weighted by molar-refractivity contribution is 0.426. The quantitative estimate of drug-likeness (QED) is 0.211. The zero-order valence-corrected chi connectivity index (χ0v) is 22.0. The molecule has 0 aliphatic heterocycles. The molecule has 0 unspecified atom stereocenters. The summed E-state index contributed by atoms with van der Waals surface area (Å²) in [5, 5.41) is 28.3. The molecule has 0 amide bonds. The van der Waals surface area contributed by atoms with Crippen molar-refractivity contribution in [1.82, 2.24) is 0 Å². The SMILES string of the molecule is Bc1c(B)c(B)c2c(-c3cccc4ccccc34)c3c(B)c(B)c(B)c(B)c3c(B(O)O)c2c1B. The lowest BCUT2D eigenvalue weighted by Gasteiger charge is -2.28. The molecule has 11 heteroatoms. The van der Waals surface area contributed by atoms with E-state index in [1.165, 1.54) is 54.7 Å². The Morgan fingerprint density at radius 3 is 1.40 bits per heavy atom. The lowest BCUT2D eigenvalue weighted by Crippen LogP contribution is -2.53. The van der Waals surface area contributed by atoms with Gasteiger partial charge in [-0.05, 0) is 48.9 Å². The molecule has 0 saturated carbocycles. The number of hydrogen-bond donors (Lipinski definition) is 2. The van der Waals surface area contributed by atoms with Crippen LogP contribution in [0.4, 0.5) is 0 Å². The second kappa shape index (κ2) is 8.50. The fourth-order valence-corrected chi connectivity index (χ4v) is 6.14. The summed E-state index contributed by atoms with van der Waals surface area (Å²) in [4.78, 5) is 0. The molecule has 0 bridgehead atoms. The van der Waals surface area contributed by atoms with E-state index in [9.17, 15) is 10.0 Å². The van der Waals surface area contributed by atoms with E-state index in [4.69, 9.17) is 0 Å². The molecular weight excluding hydrogens is 418 g/mol. The molecule has 35 heavy (non-hydrogen) atoms. The molecule has 0 heterocycles. The Morgan fingerprint density at radius 1 is 0.486 bits per heavy atom. The van der Waals surface area contributed by atoms with Crippen LogP contribution in [0.15, 0.2) is 42.5 Å². The van der Waals surface area contributed by atoms with Gasteiger partial charge in [-0.25, -0.2) is 0 Å². The normalized spacial score (nSPS) is 11.5. The number of fused-ring (bicyclic) bond motifs is 3. The van der Waals surface area contributed by atoms with E-state index in [2.05, 4.69) is 105 Å². The highest BCUT2D eigenvalue weighted by atomic mass is 16.4. The smallest absolute Gasteiger partial charge is 0.423 e. The molecule has 0 aliphatic carbocycles. The Bertz CT molecular complexity index is 1630. The number of hydrogen-bond acceptors (Lipinski definition) is 2. The van der Waals surface area contributed by atoms with Gasteiger partial charge in [0.05, 0.1) is 0 Å². The number of rotatable bonds is 2. The van der Waals surface area contributed by atoms with Gasteiger partial charge in [0.15, 0.2) is 0 Å². The van der Waals surface area contributed by atoms with Crippen LogP contribution in [0.3, 0.4) is 0 Å². The summed E-state index contributed by atoms with van der Waals surface area (Å²) in [6.45, 7) is 0. The van der Waals surface area contributed by atoms with Gasteiger partial charge in [0.25, 0.3) is 0 Å². The van der Waals surface area contributed by atoms with Crippen molar-refractivity contribution < 1.29 is 10.0 Å². The fraction of sp³-hybridized carbons (Fsp3) is 0. The molecule has 2 nitrogen and oxygen atoms in total. The minimum absolute atomic E-state index is 0.631. The Kier molecular flexibility index (Phi) is 5.85. The van der Waals surface area contributed by atoms with E-state index in [0.717, 1.165) is 32.5 Å². The van der Waals surface area contributed by atoms with Crippen molar-refractivity contribution in [2.45, 2.75) is 0 Å². The molecule has 5 rings (SSSR count). The van der Waals surface area contributed by atoms with Crippen LogP contribution in [0, 0.1) is 0 Å². The van der Waals surface area contributed by atoms with Crippen molar-refractivity contribution in [3.8, 4) is 11.1 Å². The van der Waals surface area contributed by atoms with E-state index in [1.54, 1.807) is 0 Å². The Morgan fingerprint density at radius 2 is 0.914 bits per heavy atom. The van der Waals surface area contributed by atoms with E-state index < -0.39 is 7.12 Å². The Hall–Kier alpha value is -2.62. The summed E-state index contributed by atoms with van der Waals surface area (Å²) in [6, 6.07) is 15.1. The monoisotopic (exact) mass is 444 g/mol. The zero-order valence-electron chi connectivity index (χ0n) is 22.0. The van der Waals surface area contributed by atoms with E-state index in [1.807, 2.05) is 0 Å². The first-order valence-electron chi connectivity index (χ1n) is 12.4. The highest BCUT2D eigenvalue weighted by Gasteiger charge is 2.28. The van der Waals surface area contributed by atoms with Gasteiger partial charge >= 0.3 is 7.12 Å². The van der Waals surface area contributed by atoms with E-state index in [-0.39, 0.29) is 0 Å². The number of benzene rings is 5. The highest BCUT2D eigenvalue weighted by molar-refractivity contribution is 6.77. The molecule has 5 aromatic carbocycles. The van der Waals surface area contributed by atoms with Gasteiger partial charge in [-0.3, -0.25) is 0 Å². The molecule has 0 saturated heterocycles. The predicted molar refractivity (Wildman–Crippen MR) is 180 cm³/mol. The minimum atomic E-state index is -1.57. The van der Waals surface area contributed by atoms with Gasteiger partial charge in [0.2, 0.25) is 0 Å². The molecule has 0 fully saturated rings. The van der Waals surface area contributed by atoms with Crippen LogP contribution in [0.2, 0.25) is 0 Å². The molecule has 0 spiro atoms. The van der Waals surface area contributed by atoms with Gasteiger partial charge in [-0.1, -0.05) is 64.3 Å². The van der Waals surface area contributed by atoms with Crippen LogP contribution in [0.25, 0.3) is 43.4 Å². The predicted octanol–water partition coefficient (Wildman–Crippen LogP) is -9.44. The summed E-state index contributed by atoms with van der Waals surface area (Å²) >= 11 is 0. The third-order valence-electron chi connectivity index (χ3n) is 8.73. The molecule has 0 aromatic heterocycles. The van der Waals surface area contributed by atoms with Gasteiger partial charge in [0, 0.05) is 0 Å². The summed E-state index contributed by atoms with van der Waals surface area (Å²) in [7, 11) is 15.7. The van der Waals surface area contributed by atoms with Crippen molar-refractivity contribution in [2.75, 3.05) is 0 Å². The Labute approximate surface area is 214 Å². The summed E-state index contributed by atoms with van der Waals surface area (Å²) in [5.74, 6) is 0. The molecule has 160 valence electrons. The van der Waals surface area contributed by atoms with Crippen LogP contribution in [0.1, 0.15) is 0 Å². The van der Waals surface area contributed by atoms with Crippen LogP contribution in [-0.2, 0) is 0 Å². The van der Waals surface area contributed by atoms with Crippen molar-refractivity contribution in [1.29, 1.82) is 0 Å². The molecule has 0 aliphatic rings. The van der Waals surface area contributed by atoms with Crippen LogP contribution in [-0.4, -0.2) is 79.9 Å². The second-order valence-corrected chi connectivity index (χ2v) is 10.2. The summed E-state index contributed by atoms with van der Waals surface area (Å²) < 4.78 is 0. The second-order valence-electron chi connectivity index (χ2n) is 10.2. The average molecular weight is 443 g/mol. The van der Waals surface area contributed by atoms with E-state index >= 15 is 0 Å². The zero-order chi connectivity index (χ0) is 25.3. The third kappa shape index (κ3) is 3.32. The standard InChI is InChI=1S/C24H25B9O2/c25-16-12-11(10-7-3-5-8-4-1-2-6-9(8)10)13-15(19(28)23(32)21(30)17(13)26)24(33(34)35)14(12)18(27)22(31)20(16)29/h1-7,34-35H,25-32H2. The minimum Gasteiger partial charge on any atom is -0.423 e. The van der Waals surface area contributed by atoms with Gasteiger partial charge < -0.3 is 10.0 Å². The first-order valence-corrected chi connectivity index (χ1v) is 12.4. The Balaban J connectivity index is 2.26. The largest absolute Gasteiger partial charge is 0.489 e. The maximum absolute atomic E-state index is 10.9. The van der Waals surface area contributed by atoms with Crippen LogP contribution in [0.5, 0.6) is 0 Å². The van der Waals surface area contributed by atoms with Gasteiger partial charge in [0.1, 0.15) is 62.8 Å². The van der Waals surface area contributed by atoms with Crippen LogP contribution < -0.4 is 49.2 Å². The lowest BCUT2D eigenvalue weighted by atomic mass is 9.56. The summed E-state index contributed by atoms with van der Waals surface area (Å²) in [5.41, 5.74) is 12.6. The fourth-order valence-electron chi connectivity index (χ4n) is 6.14. The van der Waals surface area contributed by atoms with Crippen LogP contribution >= 0.6 is 0 Å². The molecule has 5 aromatic rings. The maximum atomic E-state index is 10.9. The molecular formula is C24H25B9O2. The summed E-state index contributed by atoms with van der Waals surface area (Å²) in [6.07, 6.45) is 0. The highest BCUT2D eigenvalue weighted by Crippen LogP contribution is 2.36. The van der Waals surface area contributed by atoms with Crippen molar-refractivity contribution in [3.05, 3.63) is 42.5 Å². The molecule has 2 N–H and O–H groups in total. The first-order chi connectivity index (χ1) is 16.6. The van der Waals surface area contributed by atoms with Crippen molar-refractivity contribution in [3.63, 3.8) is 0 Å². The van der Waals surface area contributed by atoms with Crippen molar-refractivity contribution in [2.24, 2.45) is 0 Å². The molecule has 0 radical (unpaired) electrons. The van der Waals surface area contributed by atoms with Gasteiger partial charge in [-0.2, -0.15) is 0 Å². The van der Waals surface area contributed by atoms with Gasteiger partial charge in [-0.15, -0.1) is 21.9 Å². The third-order valence-corrected chi connectivity index (χ3v) is 8.73. The maximum Gasteiger partial charge on any atom is 0.489 e. The molecule has 0 atom stereocenters. The topological polar surface area (TPSA) is 40.5 Å². The average Bonchev–Trinajstić information content (AvgIpc) is 2.86. The van der Waals surface area contributed by atoms with E-state index in [0.29, 0.717) is 5.46 Å².